The minimum atomic E-state index is -5.95. The first-order chi connectivity index (χ1) is 7.57. The van der Waals surface area contributed by atoms with E-state index in [1.807, 2.05) is 0 Å². The zero-order valence-electron chi connectivity index (χ0n) is 7.99. The normalized spacial score (nSPS) is 12.6. The van der Waals surface area contributed by atoms with E-state index in [-0.39, 0.29) is 4.47 Å². The quantitative estimate of drug-likeness (QED) is 0.516. The highest BCUT2D eigenvalue weighted by Crippen LogP contribution is 2.39. The van der Waals surface area contributed by atoms with Gasteiger partial charge >= 0.3 is 12.1 Å². The van der Waals surface area contributed by atoms with Crippen molar-refractivity contribution in [1.82, 2.24) is 0 Å². The third-order valence-corrected chi connectivity index (χ3v) is 2.39. The number of halogens is 6. The van der Waals surface area contributed by atoms with Gasteiger partial charge in [-0.2, -0.15) is 22.0 Å². The Kier molecular flexibility index (Phi) is 3.47. The number of ketones is 1. The third-order valence-electron chi connectivity index (χ3n) is 1.90. The number of hydrogen-bond acceptors (Lipinski definition) is 2. The van der Waals surface area contributed by atoms with Crippen LogP contribution < -0.4 is 5.73 Å². The van der Waals surface area contributed by atoms with Gasteiger partial charge in [0, 0.05) is 15.7 Å². The second-order valence-electron chi connectivity index (χ2n) is 3.13. The predicted octanol–water partition coefficient (Wildman–Crippen LogP) is 3.41. The molecule has 94 valence electrons. The molecule has 0 aliphatic carbocycles. The summed E-state index contributed by atoms with van der Waals surface area (Å²) in [7, 11) is 0. The van der Waals surface area contributed by atoms with E-state index in [0.29, 0.717) is 0 Å². The molecule has 2 nitrogen and oxygen atoms in total. The van der Waals surface area contributed by atoms with Gasteiger partial charge in [0.25, 0.3) is 0 Å². The minimum Gasteiger partial charge on any atom is -0.398 e. The summed E-state index contributed by atoms with van der Waals surface area (Å²) in [6.45, 7) is 0. The monoisotopic (exact) mass is 317 g/mol. The first-order valence-electron chi connectivity index (χ1n) is 4.11. The number of hydrogen-bond donors (Lipinski definition) is 1. The lowest BCUT2D eigenvalue weighted by molar-refractivity contribution is -0.255. The smallest absolute Gasteiger partial charge is 0.398 e. The highest BCUT2D eigenvalue weighted by molar-refractivity contribution is 9.10. The topological polar surface area (TPSA) is 43.1 Å². The lowest BCUT2D eigenvalue weighted by Gasteiger charge is -2.18. The van der Waals surface area contributed by atoms with Gasteiger partial charge in [0.1, 0.15) is 0 Å². The molecule has 2 N–H and O–H groups in total. The molecule has 0 amide bonds. The van der Waals surface area contributed by atoms with E-state index in [4.69, 9.17) is 5.73 Å². The van der Waals surface area contributed by atoms with Gasteiger partial charge in [0.2, 0.25) is 5.78 Å². The van der Waals surface area contributed by atoms with E-state index in [1.165, 1.54) is 6.07 Å². The van der Waals surface area contributed by atoms with Gasteiger partial charge in [-0.25, -0.2) is 0 Å². The summed E-state index contributed by atoms with van der Waals surface area (Å²) in [6, 6.07) is 3.19. The summed E-state index contributed by atoms with van der Waals surface area (Å²) < 4.78 is 61.7. The second-order valence-corrected chi connectivity index (χ2v) is 4.05. The van der Waals surface area contributed by atoms with Crippen LogP contribution in [-0.2, 0) is 0 Å². The van der Waals surface area contributed by atoms with E-state index in [2.05, 4.69) is 15.9 Å². The van der Waals surface area contributed by atoms with Crippen molar-refractivity contribution >= 4 is 27.4 Å². The van der Waals surface area contributed by atoms with Gasteiger partial charge < -0.3 is 5.73 Å². The molecule has 1 rings (SSSR count). The van der Waals surface area contributed by atoms with Crippen molar-refractivity contribution in [2.24, 2.45) is 0 Å². The van der Waals surface area contributed by atoms with Crippen molar-refractivity contribution in [3.63, 3.8) is 0 Å². The van der Waals surface area contributed by atoms with E-state index in [9.17, 15) is 26.7 Å². The standard InChI is InChI=1S/C9H5BrF5NO/c10-4-1-2-6(16)5(3-4)7(17)8(11,12)9(13,14)15/h1-3H,16H2. The first-order valence-corrected chi connectivity index (χ1v) is 4.91. The molecule has 0 bridgehead atoms. The summed E-state index contributed by atoms with van der Waals surface area (Å²) in [5.41, 5.74) is 3.87. The Hall–Kier alpha value is -1.18. The average Bonchev–Trinajstić information content (AvgIpc) is 2.19. The molecule has 1 aromatic carbocycles. The van der Waals surface area contributed by atoms with Crippen LogP contribution in [0.2, 0.25) is 0 Å². The summed E-state index contributed by atoms with van der Waals surface area (Å²) in [4.78, 5) is 11.1. The number of carbonyl (C=O) groups is 1. The van der Waals surface area contributed by atoms with E-state index < -0.39 is 29.1 Å². The second kappa shape index (κ2) is 4.25. The third kappa shape index (κ3) is 2.56. The molecule has 0 radical (unpaired) electrons. The Labute approximate surface area is 101 Å². The summed E-state index contributed by atoms with van der Waals surface area (Å²) in [6.07, 6.45) is -5.95. The SMILES string of the molecule is Nc1ccc(Br)cc1C(=O)C(F)(F)C(F)(F)F. The van der Waals surface area contributed by atoms with E-state index in [0.717, 1.165) is 12.1 Å². The molecule has 0 atom stereocenters. The fourth-order valence-corrected chi connectivity index (χ4v) is 1.38. The van der Waals surface area contributed by atoms with Crippen LogP contribution in [0.1, 0.15) is 10.4 Å². The molecule has 0 unspecified atom stereocenters. The maximum atomic E-state index is 12.8. The fraction of sp³-hybridized carbons (Fsp3) is 0.222. The molecule has 0 aromatic heterocycles. The molecular weight excluding hydrogens is 313 g/mol. The molecule has 0 aliphatic heterocycles. The van der Waals surface area contributed by atoms with Gasteiger partial charge in [-0.3, -0.25) is 4.79 Å². The number of carbonyl (C=O) groups excluding carboxylic acids is 1. The van der Waals surface area contributed by atoms with Crippen molar-refractivity contribution in [3.8, 4) is 0 Å². The number of benzene rings is 1. The molecular formula is C9H5BrF5NO. The van der Waals surface area contributed by atoms with Gasteiger partial charge in [-0.05, 0) is 18.2 Å². The lowest BCUT2D eigenvalue weighted by atomic mass is 10.0. The molecule has 0 saturated heterocycles. The van der Waals surface area contributed by atoms with Crippen LogP contribution in [0, 0.1) is 0 Å². The van der Waals surface area contributed by atoms with Crippen LogP contribution >= 0.6 is 15.9 Å². The van der Waals surface area contributed by atoms with Gasteiger partial charge in [0.05, 0.1) is 0 Å². The molecule has 1 aromatic rings. The number of rotatable bonds is 2. The largest absolute Gasteiger partial charge is 0.461 e. The van der Waals surface area contributed by atoms with Crippen molar-refractivity contribution < 1.29 is 26.7 Å². The minimum absolute atomic E-state index is 0.174. The Morgan fingerprint density at radius 1 is 1.18 bits per heavy atom. The number of alkyl halides is 5. The van der Waals surface area contributed by atoms with Crippen LogP contribution in [0.3, 0.4) is 0 Å². The van der Waals surface area contributed by atoms with Gasteiger partial charge in [-0.15, -0.1) is 0 Å². The molecule has 0 saturated carbocycles. The van der Waals surface area contributed by atoms with Crippen LogP contribution in [0.15, 0.2) is 22.7 Å². The number of Topliss-reactive ketones (excluding diaryl/α,β-unsaturated/α-hetero) is 1. The highest BCUT2D eigenvalue weighted by Gasteiger charge is 2.63. The Morgan fingerprint density at radius 3 is 2.18 bits per heavy atom. The van der Waals surface area contributed by atoms with Crippen LogP contribution in [0.5, 0.6) is 0 Å². The highest BCUT2D eigenvalue weighted by atomic mass is 79.9. The van der Waals surface area contributed by atoms with E-state index in [1.54, 1.807) is 0 Å². The first kappa shape index (κ1) is 13.9. The maximum Gasteiger partial charge on any atom is 0.461 e. The molecule has 17 heavy (non-hydrogen) atoms. The molecule has 0 heterocycles. The maximum absolute atomic E-state index is 12.8. The predicted molar refractivity (Wildman–Crippen MR) is 53.9 cm³/mol. The van der Waals surface area contributed by atoms with Crippen molar-refractivity contribution in [1.29, 1.82) is 0 Å². The number of nitrogen functional groups attached to an aromatic ring is 1. The summed E-state index contributed by atoms with van der Waals surface area (Å²) in [5, 5.41) is 0. The molecule has 0 spiro atoms. The molecule has 0 aliphatic rings. The number of anilines is 1. The van der Waals surface area contributed by atoms with Gasteiger partial charge in [-0.1, -0.05) is 15.9 Å². The Morgan fingerprint density at radius 2 is 1.71 bits per heavy atom. The zero-order valence-corrected chi connectivity index (χ0v) is 9.57. The van der Waals surface area contributed by atoms with Crippen molar-refractivity contribution in [3.05, 3.63) is 28.2 Å². The molecule has 0 fully saturated rings. The van der Waals surface area contributed by atoms with Crippen LogP contribution in [0.25, 0.3) is 0 Å². The van der Waals surface area contributed by atoms with Crippen LogP contribution in [0.4, 0.5) is 27.6 Å². The summed E-state index contributed by atoms with van der Waals surface area (Å²) in [5.74, 6) is -7.83. The van der Waals surface area contributed by atoms with Gasteiger partial charge in [0.15, 0.2) is 0 Å². The Bertz CT molecular complexity index is 457. The Balaban J connectivity index is 3.26. The van der Waals surface area contributed by atoms with Crippen molar-refractivity contribution in [2.45, 2.75) is 12.1 Å². The number of nitrogens with two attached hydrogens (primary N) is 1. The lowest BCUT2D eigenvalue weighted by Crippen LogP contribution is -2.44. The average molecular weight is 318 g/mol. The van der Waals surface area contributed by atoms with E-state index >= 15 is 0 Å². The zero-order chi connectivity index (χ0) is 13.4. The van der Waals surface area contributed by atoms with Crippen LogP contribution in [-0.4, -0.2) is 17.9 Å². The molecule has 8 heteroatoms. The van der Waals surface area contributed by atoms with Crippen molar-refractivity contribution in [2.75, 3.05) is 5.73 Å². The summed E-state index contributed by atoms with van der Waals surface area (Å²) >= 11 is 2.85. The fourth-order valence-electron chi connectivity index (χ4n) is 1.02.